The van der Waals surface area contributed by atoms with Crippen LogP contribution in [0.2, 0.25) is 0 Å². The highest BCUT2D eigenvalue weighted by Crippen LogP contribution is 2.30. The molecule has 1 saturated heterocycles. The molecule has 1 aliphatic rings. The van der Waals surface area contributed by atoms with Crippen molar-refractivity contribution in [2.45, 2.75) is 52.9 Å². The van der Waals surface area contributed by atoms with Gasteiger partial charge in [0.1, 0.15) is 0 Å². The van der Waals surface area contributed by atoms with Crippen molar-refractivity contribution in [2.24, 2.45) is 17.1 Å². The quantitative estimate of drug-likeness (QED) is 0.781. The molecule has 2 heteroatoms. The minimum atomic E-state index is 0.565. The molecule has 2 nitrogen and oxygen atoms in total. The van der Waals surface area contributed by atoms with Crippen molar-refractivity contribution < 1.29 is 0 Å². The Morgan fingerprint density at radius 3 is 2.69 bits per heavy atom. The lowest BCUT2D eigenvalue weighted by molar-refractivity contribution is 0.227. The molecule has 1 atom stereocenters. The number of likely N-dealkylation sites (tertiary alicyclic amines) is 1. The molecule has 0 amide bonds. The summed E-state index contributed by atoms with van der Waals surface area (Å²) in [7, 11) is 0. The molecular formula is C14H30N2. The van der Waals surface area contributed by atoms with Gasteiger partial charge in [0.05, 0.1) is 0 Å². The van der Waals surface area contributed by atoms with Gasteiger partial charge in [-0.2, -0.15) is 0 Å². The van der Waals surface area contributed by atoms with Gasteiger partial charge in [0.15, 0.2) is 0 Å². The maximum atomic E-state index is 5.56. The van der Waals surface area contributed by atoms with Crippen LogP contribution < -0.4 is 5.73 Å². The summed E-state index contributed by atoms with van der Waals surface area (Å²) in [5, 5.41) is 0. The van der Waals surface area contributed by atoms with Crippen LogP contribution in [0.25, 0.3) is 0 Å². The monoisotopic (exact) mass is 226 g/mol. The lowest BCUT2D eigenvalue weighted by Gasteiger charge is -2.25. The molecule has 1 fully saturated rings. The van der Waals surface area contributed by atoms with Crippen molar-refractivity contribution in [3.05, 3.63) is 0 Å². The van der Waals surface area contributed by atoms with Gasteiger partial charge in [0, 0.05) is 6.54 Å². The van der Waals surface area contributed by atoms with Crippen LogP contribution in [0.3, 0.4) is 0 Å². The van der Waals surface area contributed by atoms with Crippen LogP contribution in [-0.2, 0) is 0 Å². The lowest BCUT2D eigenvalue weighted by Crippen LogP contribution is -2.30. The first kappa shape index (κ1) is 14.0. The van der Waals surface area contributed by atoms with E-state index in [2.05, 4.69) is 25.7 Å². The second-order valence-electron chi connectivity index (χ2n) is 6.35. The van der Waals surface area contributed by atoms with Crippen LogP contribution in [0.4, 0.5) is 0 Å². The maximum absolute atomic E-state index is 5.56. The highest BCUT2D eigenvalue weighted by molar-refractivity contribution is 4.76. The second-order valence-corrected chi connectivity index (χ2v) is 6.35. The summed E-state index contributed by atoms with van der Waals surface area (Å²) in [6, 6.07) is 0. The number of hydrogen-bond acceptors (Lipinski definition) is 2. The Balaban J connectivity index is 2.26. The summed E-state index contributed by atoms with van der Waals surface area (Å²) in [6.07, 6.45) is 6.59. The van der Waals surface area contributed by atoms with Gasteiger partial charge in [-0.1, -0.05) is 20.8 Å². The molecule has 0 spiro atoms. The third-order valence-electron chi connectivity index (χ3n) is 3.90. The Kier molecular flexibility index (Phi) is 5.77. The van der Waals surface area contributed by atoms with E-state index < -0.39 is 0 Å². The van der Waals surface area contributed by atoms with Crippen LogP contribution in [0.5, 0.6) is 0 Å². The zero-order chi connectivity index (χ0) is 12.0. The molecule has 96 valence electrons. The molecule has 0 aromatic carbocycles. The second kappa shape index (κ2) is 6.61. The number of nitrogens with two attached hydrogens (primary N) is 1. The van der Waals surface area contributed by atoms with E-state index in [0.29, 0.717) is 5.41 Å². The highest BCUT2D eigenvalue weighted by atomic mass is 15.1. The Morgan fingerprint density at radius 2 is 2.00 bits per heavy atom. The Hall–Kier alpha value is -0.0800. The van der Waals surface area contributed by atoms with E-state index in [-0.39, 0.29) is 0 Å². The molecule has 0 aromatic heterocycles. The maximum Gasteiger partial charge on any atom is 0.000703 e. The van der Waals surface area contributed by atoms with E-state index in [4.69, 9.17) is 5.73 Å². The van der Waals surface area contributed by atoms with E-state index in [1.807, 2.05) is 0 Å². The zero-order valence-corrected chi connectivity index (χ0v) is 11.5. The fourth-order valence-corrected chi connectivity index (χ4v) is 2.66. The third kappa shape index (κ3) is 5.31. The van der Waals surface area contributed by atoms with E-state index >= 15 is 0 Å². The smallest absolute Gasteiger partial charge is 0.000703 e. The Bertz CT molecular complexity index is 189. The normalized spacial score (nSPS) is 24.0. The van der Waals surface area contributed by atoms with E-state index in [1.165, 1.54) is 51.7 Å². The minimum absolute atomic E-state index is 0.565. The van der Waals surface area contributed by atoms with Crippen LogP contribution in [0.1, 0.15) is 52.9 Å². The van der Waals surface area contributed by atoms with Crippen molar-refractivity contribution in [1.29, 1.82) is 0 Å². The van der Waals surface area contributed by atoms with Gasteiger partial charge in [0.2, 0.25) is 0 Å². The van der Waals surface area contributed by atoms with Crippen molar-refractivity contribution in [1.82, 2.24) is 4.90 Å². The van der Waals surface area contributed by atoms with Gasteiger partial charge >= 0.3 is 0 Å². The molecule has 0 aromatic rings. The minimum Gasteiger partial charge on any atom is -0.330 e. The van der Waals surface area contributed by atoms with Crippen LogP contribution in [0, 0.1) is 11.3 Å². The average molecular weight is 226 g/mol. The predicted octanol–water partition coefficient (Wildman–Crippen LogP) is 2.87. The molecule has 1 rings (SSSR count). The predicted molar refractivity (Wildman–Crippen MR) is 71.5 cm³/mol. The van der Waals surface area contributed by atoms with Gasteiger partial charge < -0.3 is 10.6 Å². The fourth-order valence-electron chi connectivity index (χ4n) is 2.66. The number of rotatable bonds is 5. The van der Waals surface area contributed by atoms with Crippen molar-refractivity contribution >= 4 is 0 Å². The van der Waals surface area contributed by atoms with Gasteiger partial charge in [-0.05, 0) is 63.1 Å². The first-order valence-corrected chi connectivity index (χ1v) is 6.96. The molecular weight excluding hydrogens is 196 g/mol. The molecule has 1 aliphatic heterocycles. The van der Waals surface area contributed by atoms with Gasteiger partial charge in [0.25, 0.3) is 0 Å². The molecule has 0 bridgehead atoms. The van der Waals surface area contributed by atoms with Gasteiger partial charge in [-0.3, -0.25) is 0 Å². The lowest BCUT2D eigenvalue weighted by atomic mass is 9.85. The standard InChI is InChI=1S/C14H30N2/c1-13(6-4-9-15)12-16-10-5-7-14(2,3)8-11-16/h13H,4-12,15H2,1-3H3. The molecule has 0 radical (unpaired) electrons. The Morgan fingerprint density at radius 1 is 1.25 bits per heavy atom. The van der Waals surface area contributed by atoms with Crippen LogP contribution in [0.15, 0.2) is 0 Å². The van der Waals surface area contributed by atoms with Gasteiger partial charge in [-0.25, -0.2) is 0 Å². The highest BCUT2D eigenvalue weighted by Gasteiger charge is 2.23. The summed E-state index contributed by atoms with van der Waals surface area (Å²) >= 11 is 0. The van der Waals surface area contributed by atoms with Gasteiger partial charge in [-0.15, -0.1) is 0 Å². The fraction of sp³-hybridized carbons (Fsp3) is 1.00. The molecule has 0 saturated carbocycles. The molecule has 1 heterocycles. The largest absolute Gasteiger partial charge is 0.330 e. The number of hydrogen-bond donors (Lipinski definition) is 1. The van der Waals surface area contributed by atoms with Crippen molar-refractivity contribution in [3.63, 3.8) is 0 Å². The third-order valence-corrected chi connectivity index (χ3v) is 3.90. The summed E-state index contributed by atoms with van der Waals surface area (Å²) in [4.78, 5) is 2.66. The van der Waals surface area contributed by atoms with Crippen molar-refractivity contribution in [3.8, 4) is 0 Å². The summed E-state index contributed by atoms with van der Waals surface area (Å²) in [6.45, 7) is 11.9. The number of nitrogens with zero attached hydrogens (tertiary/aromatic N) is 1. The van der Waals surface area contributed by atoms with E-state index in [0.717, 1.165) is 12.5 Å². The van der Waals surface area contributed by atoms with Crippen molar-refractivity contribution in [2.75, 3.05) is 26.2 Å². The summed E-state index contributed by atoms with van der Waals surface area (Å²) < 4.78 is 0. The summed E-state index contributed by atoms with van der Waals surface area (Å²) in [5.74, 6) is 0.810. The molecule has 0 aliphatic carbocycles. The first-order chi connectivity index (χ1) is 7.53. The first-order valence-electron chi connectivity index (χ1n) is 6.96. The SMILES string of the molecule is CC(CCCN)CN1CCCC(C)(C)CC1. The van der Waals surface area contributed by atoms with E-state index in [9.17, 15) is 0 Å². The Labute approximate surface area is 102 Å². The van der Waals surface area contributed by atoms with Crippen LogP contribution >= 0.6 is 0 Å². The molecule has 1 unspecified atom stereocenters. The summed E-state index contributed by atoms with van der Waals surface area (Å²) in [5.41, 5.74) is 6.12. The topological polar surface area (TPSA) is 29.3 Å². The average Bonchev–Trinajstić information content (AvgIpc) is 2.37. The zero-order valence-electron chi connectivity index (χ0n) is 11.5. The van der Waals surface area contributed by atoms with Crippen LogP contribution in [-0.4, -0.2) is 31.1 Å². The molecule has 2 N–H and O–H groups in total. The molecule has 16 heavy (non-hydrogen) atoms. The van der Waals surface area contributed by atoms with E-state index in [1.54, 1.807) is 0 Å².